The molecule has 5 heteroatoms. The molecule has 0 aromatic heterocycles. The molecule has 0 aliphatic rings. The van der Waals surface area contributed by atoms with Crippen LogP contribution in [0.1, 0.15) is 5.56 Å². The monoisotopic (exact) mass is 385 g/mol. The molecule has 0 bridgehead atoms. The molecule has 0 atom stereocenters. The smallest absolute Gasteiger partial charge is 0.0587 e. The standard InChI is InChI=1S/C16H17BrClNOS/c1-20-9-8-19-11-12-2-5-15(10-16(12)17)21-14-6-3-13(18)4-7-14/h2-7,10,19H,8-9,11H2,1H3. The van der Waals surface area contributed by atoms with E-state index in [0.29, 0.717) is 0 Å². The van der Waals surface area contributed by atoms with Gasteiger partial charge in [-0.15, -0.1) is 0 Å². The maximum Gasteiger partial charge on any atom is 0.0587 e. The van der Waals surface area contributed by atoms with E-state index < -0.39 is 0 Å². The first-order valence-electron chi connectivity index (χ1n) is 6.60. The Bertz CT molecular complexity index is 577. The molecule has 2 aromatic rings. The van der Waals surface area contributed by atoms with Crippen LogP contribution in [0.4, 0.5) is 0 Å². The largest absolute Gasteiger partial charge is 0.383 e. The summed E-state index contributed by atoms with van der Waals surface area (Å²) in [7, 11) is 1.71. The van der Waals surface area contributed by atoms with Gasteiger partial charge in [0.25, 0.3) is 0 Å². The van der Waals surface area contributed by atoms with Crippen LogP contribution in [0, 0.1) is 0 Å². The highest BCUT2D eigenvalue weighted by molar-refractivity contribution is 9.10. The Kier molecular flexibility index (Phi) is 7.07. The van der Waals surface area contributed by atoms with Crippen LogP contribution in [-0.2, 0) is 11.3 Å². The average Bonchev–Trinajstić information content (AvgIpc) is 2.48. The topological polar surface area (TPSA) is 21.3 Å². The molecule has 0 spiro atoms. The Morgan fingerprint density at radius 3 is 2.52 bits per heavy atom. The van der Waals surface area contributed by atoms with E-state index in [1.54, 1.807) is 18.9 Å². The van der Waals surface area contributed by atoms with Crippen LogP contribution in [0.5, 0.6) is 0 Å². The fourth-order valence-electron chi connectivity index (χ4n) is 1.77. The summed E-state index contributed by atoms with van der Waals surface area (Å²) < 4.78 is 6.13. The van der Waals surface area contributed by atoms with E-state index in [2.05, 4.69) is 39.4 Å². The number of methoxy groups -OCH3 is 1. The first kappa shape index (κ1) is 16.8. The SMILES string of the molecule is COCCNCc1ccc(Sc2ccc(Cl)cc2)cc1Br. The summed E-state index contributed by atoms with van der Waals surface area (Å²) in [4.78, 5) is 2.38. The number of rotatable bonds is 7. The van der Waals surface area contributed by atoms with Gasteiger partial charge in [0.1, 0.15) is 0 Å². The van der Waals surface area contributed by atoms with Gasteiger partial charge in [0, 0.05) is 39.5 Å². The van der Waals surface area contributed by atoms with Crippen LogP contribution in [-0.4, -0.2) is 20.3 Å². The van der Waals surface area contributed by atoms with Gasteiger partial charge in [0.2, 0.25) is 0 Å². The van der Waals surface area contributed by atoms with Crippen molar-refractivity contribution in [2.75, 3.05) is 20.3 Å². The van der Waals surface area contributed by atoms with E-state index >= 15 is 0 Å². The third-order valence-electron chi connectivity index (χ3n) is 2.87. The molecular weight excluding hydrogens is 370 g/mol. The van der Waals surface area contributed by atoms with Crippen molar-refractivity contribution < 1.29 is 4.74 Å². The Hall–Kier alpha value is -0.520. The summed E-state index contributed by atoms with van der Waals surface area (Å²) in [5.41, 5.74) is 1.24. The Morgan fingerprint density at radius 2 is 1.86 bits per heavy atom. The third kappa shape index (κ3) is 5.64. The minimum absolute atomic E-state index is 0.724. The molecule has 112 valence electrons. The zero-order chi connectivity index (χ0) is 15.1. The molecule has 0 fully saturated rings. The summed E-state index contributed by atoms with van der Waals surface area (Å²) in [5.74, 6) is 0. The number of halogens is 2. The molecule has 0 radical (unpaired) electrons. The zero-order valence-corrected chi connectivity index (χ0v) is 14.9. The van der Waals surface area contributed by atoms with E-state index in [-0.39, 0.29) is 0 Å². The lowest BCUT2D eigenvalue weighted by Gasteiger charge is -2.09. The van der Waals surface area contributed by atoms with Gasteiger partial charge in [-0.3, -0.25) is 0 Å². The van der Waals surface area contributed by atoms with Gasteiger partial charge in [0.05, 0.1) is 6.61 Å². The zero-order valence-electron chi connectivity index (χ0n) is 11.7. The second-order valence-corrected chi connectivity index (χ2v) is 6.92. The molecule has 0 heterocycles. The average molecular weight is 387 g/mol. The number of hydrogen-bond donors (Lipinski definition) is 1. The van der Waals surface area contributed by atoms with Crippen molar-refractivity contribution in [3.05, 3.63) is 57.5 Å². The molecular formula is C16H17BrClNOS. The van der Waals surface area contributed by atoms with E-state index in [1.165, 1.54) is 15.4 Å². The number of nitrogens with one attached hydrogen (secondary N) is 1. The summed E-state index contributed by atoms with van der Waals surface area (Å²) in [6.07, 6.45) is 0. The molecule has 1 N–H and O–H groups in total. The van der Waals surface area contributed by atoms with Crippen molar-refractivity contribution >= 4 is 39.3 Å². The predicted octanol–water partition coefficient (Wildman–Crippen LogP) is 4.99. The number of benzene rings is 2. The van der Waals surface area contributed by atoms with E-state index in [4.69, 9.17) is 16.3 Å². The van der Waals surface area contributed by atoms with Crippen LogP contribution < -0.4 is 5.32 Å². The molecule has 0 aliphatic carbocycles. The molecule has 2 nitrogen and oxygen atoms in total. The van der Waals surface area contributed by atoms with E-state index in [0.717, 1.165) is 29.2 Å². The van der Waals surface area contributed by atoms with Crippen molar-refractivity contribution in [2.24, 2.45) is 0 Å². The first-order valence-corrected chi connectivity index (χ1v) is 8.59. The Balaban J connectivity index is 1.96. The number of hydrogen-bond acceptors (Lipinski definition) is 3. The second-order valence-electron chi connectivity index (χ2n) is 4.48. The fourth-order valence-corrected chi connectivity index (χ4v) is 3.42. The maximum atomic E-state index is 5.90. The normalized spacial score (nSPS) is 10.8. The fraction of sp³-hybridized carbons (Fsp3) is 0.250. The van der Waals surface area contributed by atoms with Crippen LogP contribution >= 0.6 is 39.3 Å². The van der Waals surface area contributed by atoms with E-state index in [9.17, 15) is 0 Å². The quantitative estimate of drug-likeness (QED) is 0.677. The highest BCUT2D eigenvalue weighted by Crippen LogP contribution is 2.31. The van der Waals surface area contributed by atoms with Crippen LogP contribution in [0.3, 0.4) is 0 Å². The van der Waals surface area contributed by atoms with Gasteiger partial charge in [-0.25, -0.2) is 0 Å². The molecule has 0 saturated heterocycles. The molecule has 2 aromatic carbocycles. The lowest BCUT2D eigenvalue weighted by Crippen LogP contribution is -2.18. The van der Waals surface area contributed by atoms with Gasteiger partial charge in [-0.2, -0.15) is 0 Å². The molecule has 0 saturated carbocycles. The summed E-state index contributed by atoms with van der Waals surface area (Å²) in [5, 5.41) is 4.10. The first-order chi connectivity index (χ1) is 10.2. The summed E-state index contributed by atoms with van der Waals surface area (Å²) in [6, 6.07) is 14.3. The Labute approximate surface area is 143 Å². The summed E-state index contributed by atoms with van der Waals surface area (Å²) in [6.45, 7) is 2.40. The van der Waals surface area contributed by atoms with Crippen LogP contribution in [0.25, 0.3) is 0 Å². The molecule has 0 amide bonds. The minimum Gasteiger partial charge on any atom is -0.383 e. The predicted molar refractivity (Wildman–Crippen MR) is 93.3 cm³/mol. The highest BCUT2D eigenvalue weighted by Gasteiger charge is 2.03. The van der Waals surface area contributed by atoms with Crippen molar-refractivity contribution in [3.63, 3.8) is 0 Å². The molecule has 0 aliphatic heterocycles. The van der Waals surface area contributed by atoms with Crippen molar-refractivity contribution in [1.29, 1.82) is 0 Å². The third-order valence-corrected chi connectivity index (χ3v) is 4.86. The van der Waals surface area contributed by atoms with Gasteiger partial charge in [0.15, 0.2) is 0 Å². The highest BCUT2D eigenvalue weighted by atomic mass is 79.9. The molecule has 2 rings (SSSR count). The van der Waals surface area contributed by atoms with E-state index in [1.807, 2.05) is 24.3 Å². The van der Waals surface area contributed by atoms with Crippen LogP contribution in [0.15, 0.2) is 56.7 Å². The Morgan fingerprint density at radius 1 is 1.14 bits per heavy atom. The van der Waals surface area contributed by atoms with Gasteiger partial charge in [-0.1, -0.05) is 45.4 Å². The van der Waals surface area contributed by atoms with Crippen LogP contribution in [0.2, 0.25) is 5.02 Å². The summed E-state index contributed by atoms with van der Waals surface area (Å²) >= 11 is 11.3. The second kappa shape index (κ2) is 8.81. The van der Waals surface area contributed by atoms with Gasteiger partial charge < -0.3 is 10.1 Å². The van der Waals surface area contributed by atoms with Crippen molar-refractivity contribution in [2.45, 2.75) is 16.3 Å². The molecule has 0 unspecified atom stereocenters. The maximum absolute atomic E-state index is 5.90. The van der Waals surface area contributed by atoms with Crippen molar-refractivity contribution in [1.82, 2.24) is 5.32 Å². The minimum atomic E-state index is 0.724. The van der Waals surface area contributed by atoms with Gasteiger partial charge in [-0.05, 0) is 42.0 Å². The molecule has 21 heavy (non-hydrogen) atoms. The van der Waals surface area contributed by atoms with Gasteiger partial charge >= 0.3 is 0 Å². The van der Waals surface area contributed by atoms with Crippen molar-refractivity contribution in [3.8, 4) is 0 Å². The lowest BCUT2D eigenvalue weighted by molar-refractivity contribution is 0.199. The lowest BCUT2D eigenvalue weighted by atomic mass is 10.2. The number of ether oxygens (including phenoxy) is 1.